The highest BCUT2D eigenvalue weighted by atomic mass is 35.5. The molecule has 29 heavy (non-hydrogen) atoms. The van der Waals surface area contributed by atoms with Gasteiger partial charge in [0.2, 0.25) is 0 Å². The van der Waals surface area contributed by atoms with Crippen molar-refractivity contribution in [1.82, 2.24) is 25.2 Å². The zero-order chi connectivity index (χ0) is 21.1. The van der Waals surface area contributed by atoms with E-state index in [0.717, 1.165) is 22.3 Å². The van der Waals surface area contributed by atoms with Crippen molar-refractivity contribution in [2.45, 2.75) is 40.2 Å². The minimum absolute atomic E-state index is 0.261. The average Bonchev–Trinajstić information content (AvgIpc) is 2.94. The number of hydrazine groups is 1. The summed E-state index contributed by atoms with van der Waals surface area (Å²) in [5, 5.41) is 8.62. The fourth-order valence-electron chi connectivity index (χ4n) is 3.14. The molecule has 0 unspecified atom stereocenters. The molecule has 0 aliphatic rings. The lowest BCUT2D eigenvalue weighted by Crippen LogP contribution is -2.34. The Morgan fingerprint density at radius 3 is 2.69 bits per heavy atom. The molecule has 0 radical (unpaired) electrons. The van der Waals surface area contributed by atoms with Gasteiger partial charge in [-0.25, -0.2) is 19.4 Å². The molecule has 0 saturated carbocycles. The molecule has 3 N–H and O–H groups in total. The van der Waals surface area contributed by atoms with Gasteiger partial charge in [-0.15, -0.1) is 6.58 Å². The first-order chi connectivity index (χ1) is 13.8. The minimum atomic E-state index is -0.449. The Hall–Kier alpha value is -3.13. The summed E-state index contributed by atoms with van der Waals surface area (Å²) in [6.45, 7) is 12.3. The van der Waals surface area contributed by atoms with Crippen molar-refractivity contribution in [2.75, 3.05) is 10.7 Å². The molecule has 3 aromatic heterocycles. The monoisotopic (exact) mass is 413 g/mol. The predicted molar refractivity (Wildman–Crippen MR) is 116 cm³/mol. The van der Waals surface area contributed by atoms with Gasteiger partial charge in [0.1, 0.15) is 11.0 Å². The van der Waals surface area contributed by atoms with E-state index in [-0.39, 0.29) is 5.92 Å². The van der Waals surface area contributed by atoms with Gasteiger partial charge in [-0.3, -0.25) is 10.9 Å². The molecule has 3 heterocycles. The molecular formula is C20H24ClN7O. The van der Waals surface area contributed by atoms with E-state index in [9.17, 15) is 4.79 Å². The van der Waals surface area contributed by atoms with Crippen LogP contribution < -0.4 is 16.2 Å². The van der Waals surface area contributed by atoms with Crippen molar-refractivity contribution in [3.63, 3.8) is 0 Å². The number of rotatable bonds is 6. The number of aromatic nitrogens is 4. The lowest BCUT2D eigenvalue weighted by molar-refractivity contribution is 0.254. The molecule has 3 aromatic rings. The number of halogens is 1. The summed E-state index contributed by atoms with van der Waals surface area (Å²) in [5.74, 6) is 0.780. The number of hydrogen-bond donors (Lipinski definition) is 3. The van der Waals surface area contributed by atoms with E-state index < -0.39 is 6.03 Å². The highest BCUT2D eigenvalue weighted by Crippen LogP contribution is 2.29. The number of aryl methyl sites for hydroxylation is 2. The van der Waals surface area contributed by atoms with Gasteiger partial charge in [0.15, 0.2) is 5.65 Å². The van der Waals surface area contributed by atoms with E-state index in [2.05, 4.69) is 51.7 Å². The third-order valence-electron chi connectivity index (χ3n) is 4.32. The van der Waals surface area contributed by atoms with E-state index in [0.29, 0.717) is 28.9 Å². The van der Waals surface area contributed by atoms with Gasteiger partial charge in [0, 0.05) is 16.8 Å². The smallest absolute Gasteiger partial charge is 0.306 e. The third kappa shape index (κ3) is 4.65. The Morgan fingerprint density at radius 2 is 2.03 bits per heavy atom. The summed E-state index contributed by atoms with van der Waals surface area (Å²) >= 11 is 5.93. The second-order valence-corrected chi connectivity index (χ2v) is 7.42. The average molecular weight is 414 g/mol. The maximum Gasteiger partial charge on any atom is 0.337 e. The van der Waals surface area contributed by atoms with Crippen molar-refractivity contribution < 1.29 is 4.79 Å². The van der Waals surface area contributed by atoms with Crippen LogP contribution in [0.3, 0.4) is 0 Å². The second-order valence-electron chi connectivity index (χ2n) is 7.03. The van der Waals surface area contributed by atoms with Crippen LogP contribution in [0.15, 0.2) is 30.9 Å². The zero-order valence-electron chi connectivity index (χ0n) is 16.9. The molecule has 0 atom stereocenters. The zero-order valence-corrected chi connectivity index (χ0v) is 17.6. The van der Waals surface area contributed by atoms with Gasteiger partial charge < -0.3 is 5.32 Å². The number of hydrogen-bond acceptors (Lipinski definition) is 5. The second kappa shape index (κ2) is 8.48. The lowest BCUT2D eigenvalue weighted by Gasteiger charge is -2.14. The van der Waals surface area contributed by atoms with E-state index in [1.807, 2.05) is 13.0 Å². The summed E-state index contributed by atoms with van der Waals surface area (Å²) in [5.41, 5.74) is 9.49. The topological polar surface area (TPSA) is 96.8 Å². The molecule has 8 nitrogen and oxygen atoms in total. The molecular weight excluding hydrogens is 390 g/mol. The largest absolute Gasteiger partial charge is 0.337 e. The number of nitrogens with one attached hydrogen (secondary N) is 3. The fraction of sp³-hybridized carbons (Fsp3) is 0.300. The Balaban J connectivity index is 1.83. The molecule has 9 heteroatoms. The van der Waals surface area contributed by atoms with Gasteiger partial charge in [-0.05, 0) is 43.5 Å². The molecule has 0 aliphatic heterocycles. The molecule has 3 rings (SSSR count). The molecule has 0 saturated heterocycles. The Kier molecular flexibility index (Phi) is 6.03. The first kappa shape index (κ1) is 20.6. The van der Waals surface area contributed by atoms with E-state index >= 15 is 0 Å². The van der Waals surface area contributed by atoms with Crippen molar-refractivity contribution in [3.8, 4) is 0 Å². The van der Waals surface area contributed by atoms with Crippen LogP contribution in [0, 0.1) is 13.8 Å². The van der Waals surface area contributed by atoms with E-state index in [1.165, 1.54) is 0 Å². The number of fused-ring (bicyclic) bond motifs is 1. The molecule has 0 aliphatic carbocycles. The quantitative estimate of drug-likeness (QED) is 0.313. The van der Waals surface area contributed by atoms with Crippen LogP contribution >= 0.6 is 11.6 Å². The number of allylic oxidation sites excluding steroid dienone is 1. The molecule has 0 bridgehead atoms. The lowest BCUT2D eigenvalue weighted by atomic mass is 10.00. The summed E-state index contributed by atoms with van der Waals surface area (Å²) in [7, 11) is 0. The highest BCUT2D eigenvalue weighted by Gasteiger charge is 2.17. The number of pyridine rings is 2. The van der Waals surface area contributed by atoms with Gasteiger partial charge in [-0.1, -0.05) is 31.5 Å². The van der Waals surface area contributed by atoms with E-state index in [4.69, 9.17) is 11.6 Å². The number of urea groups is 1. The Bertz CT molecular complexity index is 1050. The Morgan fingerprint density at radius 1 is 1.28 bits per heavy atom. The SMILES string of the molecule is C=CCn1nc(C)c2c(C(C)C)cc(NNC(=O)Nc3cc(C)nc(Cl)c3)nc21. The summed E-state index contributed by atoms with van der Waals surface area (Å²) in [6, 6.07) is 4.78. The standard InChI is InChI=1S/C20H24ClN7O/c1-6-7-28-19-18(13(5)27-28)15(11(2)3)10-17(24-19)25-26-20(29)23-14-8-12(4)22-16(21)9-14/h6,8-11H,1,7H2,2-5H3,(H,24,25)(H2,22,23,26,29). The summed E-state index contributed by atoms with van der Waals surface area (Å²) in [4.78, 5) is 21.0. The number of amides is 2. The van der Waals surface area contributed by atoms with Gasteiger partial charge in [-0.2, -0.15) is 5.10 Å². The van der Waals surface area contributed by atoms with Gasteiger partial charge in [0.25, 0.3) is 0 Å². The number of anilines is 2. The van der Waals surface area contributed by atoms with Gasteiger partial charge >= 0.3 is 6.03 Å². The minimum Gasteiger partial charge on any atom is -0.306 e. The van der Waals surface area contributed by atoms with Crippen molar-refractivity contribution >= 4 is 40.2 Å². The first-order valence-corrected chi connectivity index (χ1v) is 9.62. The van der Waals surface area contributed by atoms with Crippen LogP contribution in [0.2, 0.25) is 5.15 Å². The Labute approximate surface area is 174 Å². The number of nitrogens with zero attached hydrogens (tertiary/aromatic N) is 4. The van der Waals surface area contributed by atoms with Crippen LogP contribution in [-0.2, 0) is 6.54 Å². The third-order valence-corrected chi connectivity index (χ3v) is 4.51. The van der Waals surface area contributed by atoms with Crippen LogP contribution in [0.1, 0.15) is 36.7 Å². The van der Waals surface area contributed by atoms with Crippen molar-refractivity contribution in [3.05, 3.63) is 53.0 Å². The van der Waals surface area contributed by atoms with Crippen molar-refractivity contribution in [1.29, 1.82) is 0 Å². The maximum absolute atomic E-state index is 12.3. The normalized spacial score (nSPS) is 11.0. The predicted octanol–water partition coefficient (Wildman–Crippen LogP) is 4.55. The summed E-state index contributed by atoms with van der Waals surface area (Å²) in [6.07, 6.45) is 1.77. The van der Waals surface area contributed by atoms with Crippen LogP contribution in [0.4, 0.5) is 16.3 Å². The van der Waals surface area contributed by atoms with Crippen molar-refractivity contribution in [2.24, 2.45) is 0 Å². The van der Waals surface area contributed by atoms with Gasteiger partial charge in [0.05, 0.1) is 12.2 Å². The maximum atomic E-state index is 12.3. The first-order valence-electron chi connectivity index (χ1n) is 9.24. The van der Waals surface area contributed by atoms with E-state index in [1.54, 1.807) is 29.8 Å². The summed E-state index contributed by atoms with van der Waals surface area (Å²) < 4.78 is 1.80. The highest BCUT2D eigenvalue weighted by molar-refractivity contribution is 6.29. The molecule has 0 spiro atoms. The van der Waals surface area contributed by atoms with Crippen LogP contribution in [0.5, 0.6) is 0 Å². The van der Waals surface area contributed by atoms with Crippen LogP contribution in [-0.4, -0.2) is 25.8 Å². The van der Waals surface area contributed by atoms with Crippen LogP contribution in [0.25, 0.3) is 11.0 Å². The number of carbonyl (C=O) groups excluding carboxylic acids is 1. The molecule has 152 valence electrons. The fourth-order valence-corrected chi connectivity index (χ4v) is 3.39. The molecule has 2 amide bonds. The number of carbonyl (C=O) groups is 1. The molecule has 0 aromatic carbocycles. The molecule has 0 fully saturated rings.